The zero-order chi connectivity index (χ0) is 14.7. The Kier molecular flexibility index (Phi) is 4.83. The van der Waals surface area contributed by atoms with Crippen LogP contribution in [-0.2, 0) is 6.54 Å². The van der Waals surface area contributed by atoms with E-state index in [0.29, 0.717) is 0 Å². The zero-order valence-corrected chi connectivity index (χ0v) is 13.8. The Balaban J connectivity index is 2.26. The topological polar surface area (TPSA) is 41.1 Å². The first-order chi connectivity index (χ1) is 9.51. The van der Waals surface area contributed by atoms with Crippen LogP contribution in [0.2, 0.25) is 4.34 Å². The molecule has 0 saturated heterocycles. The first-order valence-electron chi connectivity index (χ1n) is 6.55. The van der Waals surface area contributed by atoms with E-state index in [9.17, 15) is 0 Å². The van der Waals surface area contributed by atoms with Crippen LogP contribution in [-0.4, -0.2) is 23.6 Å². The maximum Gasteiger partial charge on any atom is 0.137 e. The minimum Gasteiger partial charge on any atom is -0.370 e. The Hall–Kier alpha value is -1.33. The lowest BCUT2D eigenvalue weighted by Gasteiger charge is -2.21. The highest BCUT2D eigenvalue weighted by Gasteiger charge is 2.13. The Labute approximate surface area is 128 Å². The first-order valence-corrected chi connectivity index (χ1v) is 7.75. The number of halogens is 1. The van der Waals surface area contributed by atoms with Crippen LogP contribution < -0.4 is 10.2 Å². The fraction of sp³-hybridized carbons (Fsp3) is 0.429. The number of nitrogens with one attached hydrogen (secondary N) is 1. The number of aryl methyl sites for hydroxylation is 1. The standard InChI is InChI=1S/C14H19ClN4S/c1-5-16-13-9(2)14(18-10(3)17-13)19(4)8-11-6-7-12(15)20-11/h6-7H,5,8H2,1-4H3,(H,16,17,18). The number of thiophene rings is 1. The molecule has 0 aromatic carbocycles. The smallest absolute Gasteiger partial charge is 0.137 e. The molecule has 2 rings (SSSR count). The van der Waals surface area contributed by atoms with Crippen LogP contribution in [0.25, 0.3) is 0 Å². The van der Waals surface area contributed by atoms with E-state index in [-0.39, 0.29) is 0 Å². The number of nitrogens with zero attached hydrogens (tertiary/aromatic N) is 3. The Bertz CT molecular complexity index is 597. The molecule has 2 aromatic heterocycles. The third kappa shape index (κ3) is 3.41. The molecule has 0 atom stereocenters. The molecule has 0 spiro atoms. The molecule has 0 bridgehead atoms. The SMILES string of the molecule is CCNc1nc(C)nc(N(C)Cc2ccc(Cl)s2)c1C. The third-order valence-corrected chi connectivity index (χ3v) is 4.18. The molecule has 20 heavy (non-hydrogen) atoms. The van der Waals surface area contributed by atoms with Gasteiger partial charge in [0, 0.05) is 24.0 Å². The van der Waals surface area contributed by atoms with Crippen molar-refractivity contribution < 1.29 is 0 Å². The quantitative estimate of drug-likeness (QED) is 0.910. The van der Waals surface area contributed by atoms with Gasteiger partial charge in [0.05, 0.1) is 10.9 Å². The van der Waals surface area contributed by atoms with Gasteiger partial charge in [-0.25, -0.2) is 9.97 Å². The van der Waals surface area contributed by atoms with Gasteiger partial charge in [0.1, 0.15) is 17.5 Å². The van der Waals surface area contributed by atoms with E-state index in [0.717, 1.165) is 40.4 Å². The number of hydrogen-bond donors (Lipinski definition) is 1. The van der Waals surface area contributed by atoms with Gasteiger partial charge in [-0.15, -0.1) is 11.3 Å². The van der Waals surface area contributed by atoms with Crippen molar-refractivity contribution in [2.75, 3.05) is 23.8 Å². The van der Waals surface area contributed by atoms with Crippen molar-refractivity contribution in [3.05, 3.63) is 32.7 Å². The lowest BCUT2D eigenvalue weighted by molar-refractivity contribution is 0.879. The van der Waals surface area contributed by atoms with Crippen LogP contribution in [0.3, 0.4) is 0 Å². The largest absolute Gasteiger partial charge is 0.370 e. The molecule has 0 aliphatic rings. The maximum atomic E-state index is 5.98. The highest BCUT2D eigenvalue weighted by atomic mass is 35.5. The highest BCUT2D eigenvalue weighted by Crippen LogP contribution is 2.27. The van der Waals surface area contributed by atoms with E-state index in [4.69, 9.17) is 11.6 Å². The van der Waals surface area contributed by atoms with E-state index >= 15 is 0 Å². The molecule has 108 valence electrons. The van der Waals surface area contributed by atoms with Crippen LogP contribution in [0.1, 0.15) is 23.2 Å². The van der Waals surface area contributed by atoms with Crippen molar-refractivity contribution in [3.63, 3.8) is 0 Å². The average Bonchev–Trinajstić information content (AvgIpc) is 2.79. The summed E-state index contributed by atoms with van der Waals surface area (Å²) in [6.07, 6.45) is 0. The molecule has 2 aromatic rings. The summed E-state index contributed by atoms with van der Waals surface area (Å²) in [5.74, 6) is 2.64. The van der Waals surface area contributed by atoms with Gasteiger partial charge in [0.25, 0.3) is 0 Å². The summed E-state index contributed by atoms with van der Waals surface area (Å²) >= 11 is 7.58. The van der Waals surface area contributed by atoms with E-state index in [1.807, 2.05) is 27.0 Å². The predicted molar refractivity (Wildman–Crippen MR) is 87.1 cm³/mol. The molecule has 6 heteroatoms. The fourth-order valence-electron chi connectivity index (χ4n) is 2.07. The normalized spacial score (nSPS) is 10.7. The van der Waals surface area contributed by atoms with Crippen molar-refractivity contribution in [3.8, 4) is 0 Å². The van der Waals surface area contributed by atoms with Crippen LogP contribution >= 0.6 is 22.9 Å². The summed E-state index contributed by atoms with van der Waals surface area (Å²) in [5.41, 5.74) is 1.07. The van der Waals surface area contributed by atoms with Crippen LogP contribution in [0.15, 0.2) is 12.1 Å². The Morgan fingerprint density at radius 1 is 1.30 bits per heavy atom. The zero-order valence-electron chi connectivity index (χ0n) is 12.2. The van der Waals surface area contributed by atoms with Crippen molar-refractivity contribution in [1.82, 2.24) is 9.97 Å². The summed E-state index contributed by atoms with van der Waals surface area (Å²) in [7, 11) is 2.04. The predicted octanol–water partition coefficient (Wildman–Crippen LogP) is 3.88. The monoisotopic (exact) mass is 310 g/mol. The molecule has 4 nitrogen and oxygen atoms in total. The molecule has 1 N–H and O–H groups in total. The molecular formula is C14H19ClN4S. The van der Waals surface area contributed by atoms with Gasteiger partial charge >= 0.3 is 0 Å². The molecule has 2 heterocycles. The van der Waals surface area contributed by atoms with Crippen LogP contribution in [0, 0.1) is 13.8 Å². The van der Waals surface area contributed by atoms with E-state index < -0.39 is 0 Å². The summed E-state index contributed by atoms with van der Waals surface area (Å²) in [6.45, 7) is 7.67. The van der Waals surface area contributed by atoms with Crippen LogP contribution in [0.5, 0.6) is 0 Å². The third-order valence-electron chi connectivity index (χ3n) is 2.96. The van der Waals surface area contributed by atoms with Gasteiger partial charge < -0.3 is 10.2 Å². The molecule has 0 aliphatic carbocycles. The molecule has 0 fully saturated rings. The number of rotatable bonds is 5. The second kappa shape index (κ2) is 6.41. The van der Waals surface area contributed by atoms with E-state index in [2.05, 4.69) is 33.2 Å². The summed E-state index contributed by atoms with van der Waals surface area (Å²) in [4.78, 5) is 12.4. The van der Waals surface area contributed by atoms with Crippen molar-refractivity contribution >= 4 is 34.6 Å². The lowest BCUT2D eigenvalue weighted by Crippen LogP contribution is -2.20. The minimum absolute atomic E-state index is 0.776. The van der Waals surface area contributed by atoms with Gasteiger partial charge in [0.2, 0.25) is 0 Å². The number of aromatic nitrogens is 2. The van der Waals surface area contributed by atoms with Gasteiger partial charge in [-0.05, 0) is 32.9 Å². The van der Waals surface area contributed by atoms with Crippen molar-refractivity contribution in [1.29, 1.82) is 0 Å². The molecule has 0 aliphatic heterocycles. The Morgan fingerprint density at radius 2 is 2.05 bits per heavy atom. The second-order valence-corrected chi connectivity index (χ2v) is 6.46. The summed E-state index contributed by atoms with van der Waals surface area (Å²) in [6, 6.07) is 3.98. The minimum atomic E-state index is 0.776. The number of hydrogen-bond acceptors (Lipinski definition) is 5. The molecule has 0 amide bonds. The van der Waals surface area contributed by atoms with Gasteiger partial charge in [-0.2, -0.15) is 0 Å². The van der Waals surface area contributed by atoms with E-state index in [1.165, 1.54) is 4.88 Å². The summed E-state index contributed by atoms with van der Waals surface area (Å²) < 4.78 is 0.817. The molecular weight excluding hydrogens is 292 g/mol. The Morgan fingerprint density at radius 3 is 2.65 bits per heavy atom. The highest BCUT2D eigenvalue weighted by molar-refractivity contribution is 7.16. The van der Waals surface area contributed by atoms with Crippen molar-refractivity contribution in [2.24, 2.45) is 0 Å². The van der Waals surface area contributed by atoms with E-state index in [1.54, 1.807) is 11.3 Å². The van der Waals surface area contributed by atoms with Gasteiger partial charge in [0.15, 0.2) is 0 Å². The second-order valence-electron chi connectivity index (χ2n) is 4.66. The van der Waals surface area contributed by atoms with Gasteiger partial charge in [-0.1, -0.05) is 11.6 Å². The first kappa shape index (κ1) is 15.1. The van der Waals surface area contributed by atoms with Crippen LogP contribution in [0.4, 0.5) is 11.6 Å². The van der Waals surface area contributed by atoms with Gasteiger partial charge in [-0.3, -0.25) is 0 Å². The fourth-order valence-corrected chi connectivity index (χ4v) is 3.21. The molecule has 0 unspecified atom stereocenters. The lowest BCUT2D eigenvalue weighted by atomic mass is 10.2. The maximum absolute atomic E-state index is 5.98. The molecule has 0 radical (unpaired) electrons. The van der Waals surface area contributed by atoms with Crippen molar-refractivity contribution in [2.45, 2.75) is 27.3 Å². The average molecular weight is 311 g/mol. The number of anilines is 2. The summed E-state index contributed by atoms with van der Waals surface area (Å²) in [5, 5.41) is 3.28. The molecule has 0 saturated carbocycles.